The normalized spacial score (nSPS) is 20.6. The van der Waals surface area contributed by atoms with E-state index in [1.54, 1.807) is 11.3 Å². The number of aromatic nitrogens is 1. The van der Waals surface area contributed by atoms with Crippen molar-refractivity contribution in [1.29, 1.82) is 0 Å². The zero-order valence-corrected chi connectivity index (χ0v) is 11.3. The number of hydrogen-bond acceptors (Lipinski definition) is 4. The number of thiazole rings is 1. The molecule has 1 aromatic heterocycles. The maximum absolute atomic E-state index is 12.3. The van der Waals surface area contributed by atoms with Crippen LogP contribution < -0.4 is 5.32 Å². The first kappa shape index (κ1) is 12.0. The van der Waals surface area contributed by atoms with Gasteiger partial charge in [0.2, 0.25) is 0 Å². The largest absolute Gasteiger partial charge is 0.359 e. The quantitative estimate of drug-likeness (QED) is 0.914. The molecule has 1 aliphatic heterocycles. The van der Waals surface area contributed by atoms with Crippen LogP contribution in [-0.2, 0) is 0 Å². The Hall–Kier alpha value is -1.10. The summed E-state index contributed by atoms with van der Waals surface area (Å²) in [5.74, 6) is 0.108. The maximum Gasteiger partial charge on any atom is 0.273 e. The molecule has 2 fully saturated rings. The van der Waals surface area contributed by atoms with Gasteiger partial charge in [0.15, 0.2) is 5.13 Å². The second-order valence-electron chi connectivity index (χ2n) is 5.16. The molecular formula is C13H19N3OS. The van der Waals surface area contributed by atoms with Crippen LogP contribution in [0.25, 0.3) is 0 Å². The average Bonchev–Trinajstić information content (AvgIpc) is 3.12. The molecule has 0 bridgehead atoms. The summed E-state index contributed by atoms with van der Waals surface area (Å²) in [4.78, 5) is 18.7. The standard InChI is InChI=1S/C13H19N3OS/c17-12(16-7-3-1-2-4-8-16)11-9-18-13(15-11)14-10-5-6-10/h9-10H,1-8H2,(H,14,15). The summed E-state index contributed by atoms with van der Waals surface area (Å²) in [6, 6.07) is 0.595. The molecule has 0 unspecified atom stereocenters. The monoisotopic (exact) mass is 265 g/mol. The van der Waals surface area contributed by atoms with Crippen LogP contribution >= 0.6 is 11.3 Å². The van der Waals surface area contributed by atoms with E-state index in [-0.39, 0.29) is 5.91 Å². The lowest BCUT2D eigenvalue weighted by Crippen LogP contribution is -2.32. The molecule has 2 aliphatic rings. The Kier molecular flexibility index (Phi) is 3.50. The van der Waals surface area contributed by atoms with Crippen molar-refractivity contribution >= 4 is 22.4 Å². The lowest BCUT2D eigenvalue weighted by molar-refractivity contribution is 0.0756. The van der Waals surface area contributed by atoms with Crippen LogP contribution in [0.3, 0.4) is 0 Å². The van der Waals surface area contributed by atoms with Crippen LogP contribution in [0.5, 0.6) is 0 Å². The van der Waals surface area contributed by atoms with Gasteiger partial charge in [-0.05, 0) is 25.7 Å². The van der Waals surface area contributed by atoms with E-state index in [1.165, 1.54) is 25.7 Å². The third-order valence-electron chi connectivity index (χ3n) is 3.52. The zero-order chi connectivity index (χ0) is 12.4. The summed E-state index contributed by atoms with van der Waals surface area (Å²) < 4.78 is 0. The van der Waals surface area contributed by atoms with E-state index in [1.807, 2.05) is 10.3 Å². The third kappa shape index (κ3) is 2.83. The highest BCUT2D eigenvalue weighted by atomic mass is 32.1. The molecule has 5 heteroatoms. The van der Waals surface area contributed by atoms with Crippen LogP contribution in [0, 0.1) is 0 Å². The van der Waals surface area contributed by atoms with E-state index in [0.717, 1.165) is 31.1 Å². The van der Waals surface area contributed by atoms with Crippen molar-refractivity contribution in [2.45, 2.75) is 44.6 Å². The van der Waals surface area contributed by atoms with Gasteiger partial charge in [-0.15, -0.1) is 11.3 Å². The summed E-state index contributed by atoms with van der Waals surface area (Å²) in [5.41, 5.74) is 0.616. The van der Waals surface area contributed by atoms with Crippen LogP contribution in [0.1, 0.15) is 49.0 Å². The van der Waals surface area contributed by atoms with E-state index in [4.69, 9.17) is 0 Å². The number of likely N-dealkylation sites (tertiary alicyclic amines) is 1. The Morgan fingerprint density at radius 3 is 2.67 bits per heavy atom. The number of carbonyl (C=O) groups excluding carboxylic acids is 1. The molecule has 2 heterocycles. The molecule has 0 atom stereocenters. The molecular weight excluding hydrogens is 246 g/mol. The molecule has 1 aliphatic carbocycles. The molecule has 0 spiro atoms. The topological polar surface area (TPSA) is 45.2 Å². The molecule has 4 nitrogen and oxygen atoms in total. The Morgan fingerprint density at radius 2 is 2.00 bits per heavy atom. The molecule has 1 N–H and O–H groups in total. The summed E-state index contributed by atoms with van der Waals surface area (Å²) in [6.07, 6.45) is 7.21. The molecule has 1 aromatic rings. The second kappa shape index (κ2) is 5.26. The Bertz CT molecular complexity index is 420. The average molecular weight is 265 g/mol. The van der Waals surface area contributed by atoms with Crippen LogP contribution in [0.4, 0.5) is 5.13 Å². The molecule has 18 heavy (non-hydrogen) atoms. The van der Waals surface area contributed by atoms with Gasteiger partial charge in [0.25, 0.3) is 5.91 Å². The molecule has 98 valence electrons. The molecule has 0 aromatic carbocycles. The van der Waals surface area contributed by atoms with Gasteiger partial charge in [0, 0.05) is 24.5 Å². The van der Waals surface area contributed by atoms with Crippen LogP contribution in [-0.4, -0.2) is 34.9 Å². The molecule has 0 radical (unpaired) electrons. The number of hydrogen-bond donors (Lipinski definition) is 1. The molecule has 1 saturated carbocycles. The van der Waals surface area contributed by atoms with Crippen molar-refractivity contribution in [3.05, 3.63) is 11.1 Å². The second-order valence-corrected chi connectivity index (χ2v) is 6.02. The number of nitrogens with zero attached hydrogens (tertiary/aromatic N) is 2. The fourth-order valence-electron chi connectivity index (χ4n) is 2.28. The summed E-state index contributed by atoms with van der Waals surface area (Å²) in [5, 5.41) is 6.13. The Balaban J connectivity index is 1.64. The van der Waals surface area contributed by atoms with Crippen molar-refractivity contribution in [1.82, 2.24) is 9.88 Å². The molecule has 1 saturated heterocycles. The van der Waals surface area contributed by atoms with Gasteiger partial charge in [-0.3, -0.25) is 4.79 Å². The van der Waals surface area contributed by atoms with Crippen molar-refractivity contribution in [2.75, 3.05) is 18.4 Å². The minimum atomic E-state index is 0.108. The summed E-state index contributed by atoms with van der Waals surface area (Å²) >= 11 is 1.55. The number of rotatable bonds is 3. The van der Waals surface area contributed by atoms with Gasteiger partial charge in [0.1, 0.15) is 5.69 Å². The maximum atomic E-state index is 12.3. The summed E-state index contributed by atoms with van der Waals surface area (Å²) in [7, 11) is 0. The Labute approximate surface area is 111 Å². The Morgan fingerprint density at radius 1 is 1.28 bits per heavy atom. The fraction of sp³-hybridized carbons (Fsp3) is 0.692. The van der Waals surface area contributed by atoms with E-state index in [9.17, 15) is 4.79 Å². The number of nitrogens with one attached hydrogen (secondary N) is 1. The van der Waals surface area contributed by atoms with Gasteiger partial charge >= 0.3 is 0 Å². The highest BCUT2D eigenvalue weighted by Gasteiger charge is 2.24. The first-order valence-corrected chi connectivity index (χ1v) is 7.72. The van der Waals surface area contributed by atoms with E-state index in [0.29, 0.717) is 11.7 Å². The minimum absolute atomic E-state index is 0.108. The SMILES string of the molecule is O=C(c1csc(NC2CC2)n1)N1CCCCCC1. The van der Waals surface area contributed by atoms with Gasteiger partial charge < -0.3 is 10.2 Å². The molecule has 1 amide bonds. The minimum Gasteiger partial charge on any atom is -0.359 e. The zero-order valence-electron chi connectivity index (χ0n) is 10.5. The van der Waals surface area contributed by atoms with E-state index in [2.05, 4.69) is 10.3 Å². The van der Waals surface area contributed by atoms with E-state index >= 15 is 0 Å². The number of amides is 1. The predicted molar refractivity (Wildman–Crippen MR) is 73.1 cm³/mol. The third-order valence-corrected chi connectivity index (χ3v) is 4.30. The van der Waals surface area contributed by atoms with Crippen LogP contribution in [0.15, 0.2) is 5.38 Å². The molecule has 3 rings (SSSR count). The highest BCUT2D eigenvalue weighted by molar-refractivity contribution is 7.13. The number of anilines is 1. The first-order chi connectivity index (χ1) is 8.83. The smallest absolute Gasteiger partial charge is 0.273 e. The fourth-order valence-corrected chi connectivity index (χ4v) is 3.04. The predicted octanol–water partition coefficient (Wildman–Crippen LogP) is 2.73. The van der Waals surface area contributed by atoms with Crippen molar-refractivity contribution in [3.8, 4) is 0 Å². The van der Waals surface area contributed by atoms with Gasteiger partial charge in [0.05, 0.1) is 0 Å². The lowest BCUT2D eigenvalue weighted by atomic mass is 10.2. The first-order valence-electron chi connectivity index (χ1n) is 6.84. The van der Waals surface area contributed by atoms with Gasteiger partial charge in [-0.2, -0.15) is 0 Å². The lowest BCUT2D eigenvalue weighted by Gasteiger charge is -2.18. The van der Waals surface area contributed by atoms with Crippen molar-refractivity contribution < 1.29 is 4.79 Å². The van der Waals surface area contributed by atoms with Gasteiger partial charge in [-0.1, -0.05) is 12.8 Å². The van der Waals surface area contributed by atoms with Crippen molar-refractivity contribution in [2.24, 2.45) is 0 Å². The van der Waals surface area contributed by atoms with Crippen LogP contribution in [0.2, 0.25) is 0 Å². The summed E-state index contributed by atoms with van der Waals surface area (Å²) in [6.45, 7) is 1.78. The highest BCUT2D eigenvalue weighted by Crippen LogP contribution is 2.27. The van der Waals surface area contributed by atoms with E-state index < -0.39 is 0 Å². The van der Waals surface area contributed by atoms with Crippen molar-refractivity contribution in [3.63, 3.8) is 0 Å². The number of carbonyl (C=O) groups is 1. The van der Waals surface area contributed by atoms with Gasteiger partial charge in [-0.25, -0.2) is 4.98 Å².